The number of alkyl halides is 2. The highest BCUT2D eigenvalue weighted by molar-refractivity contribution is 5.79. The van der Waals surface area contributed by atoms with Gasteiger partial charge >= 0.3 is 6.43 Å². The SMILES string of the molecule is CC1(C)CN(C(=O)C(F)F)CCO1. The molecule has 13 heavy (non-hydrogen) atoms. The average Bonchev–Trinajstić information content (AvgIpc) is 2.01. The summed E-state index contributed by atoms with van der Waals surface area (Å²) >= 11 is 0. The van der Waals surface area contributed by atoms with Crippen molar-refractivity contribution in [3.8, 4) is 0 Å². The molecule has 0 aromatic carbocycles. The quantitative estimate of drug-likeness (QED) is 0.619. The minimum Gasteiger partial charge on any atom is -0.372 e. The van der Waals surface area contributed by atoms with Crippen LogP contribution in [0.25, 0.3) is 0 Å². The zero-order valence-corrected chi connectivity index (χ0v) is 7.72. The normalized spacial score (nSPS) is 22.1. The van der Waals surface area contributed by atoms with Gasteiger partial charge in [-0.15, -0.1) is 0 Å². The predicted molar refractivity (Wildman–Crippen MR) is 42.6 cm³/mol. The fourth-order valence-electron chi connectivity index (χ4n) is 1.34. The number of hydrogen-bond acceptors (Lipinski definition) is 2. The van der Waals surface area contributed by atoms with Crippen LogP contribution in [0.5, 0.6) is 0 Å². The molecule has 1 saturated heterocycles. The van der Waals surface area contributed by atoms with Crippen LogP contribution in [0, 0.1) is 0 Å². The van der Waals surface area contributed by atoms with E-state index in [-0.39, 0.29) is 13.1 Å². The van der Waals surface area contributed by atoms with Gasteiger partial charge in [-0.1, -0.05) is 0 Å². The molecule has 0 bridgehead atoms. The largest absolute Gasteiger partial charge is 0.372 e. The molecule has 0 aliphatic carbocycles. The molecular weight excluding hydrogens is 180 g/mol. The molecule has 0 saturated carbocycles. The van der Waals surface area contributed by atoms with Crippen molar-refractivity contribution in [2.24, 2.45) is 0 Å². The number of amides is 1. The lowest BCUT2D eigenvalue weighted by molar-refractivity contribution is -0.156. The summed E-state index contributed by atoms with van der Waals surface area (Å²) in [5, 5.41) is 0. The van der Waals surface area contributed by atoms with Crippen molar-refractivity contribution < 1.29 is 18.3 Å². The number of carbonyl (C=O) groups excluding carboxylic acids is 1. The van der Waals surface area contributed by atoms with Crippen LogP contribution in [0.1, 0.15) is 13.8 Å². The Morgan fingerprint density at radius 3 is 2.62 bits per heavy atom. The van der Waals surface area contributed by atoms with Crippen LogP contribution in [0.2, 0.25) is 0 Å². The lowest BCUT2D eigenvalue weighted by atomic mass is 10.1. The van der Waals surface area contributed by atoms with E-state index in [1.807, 2.05) is 0 Å². The highest BCUT2D eigenvalue weighted by Gasteiger charge is 2.33. The van der Waals surface area contributed by atoms with E-state index in [1.54, 1.807) is 13.8 Å². The van der Waals surface area contributed by atoms with Crippen LogP contribution < -0.4 is 0 Å². The number of nitrogens with zero attached hydrogens (tertiary/aromatic N) is 1. The maximum Gasteiger partial charge on any atom is 0.315 e. The molecule has 0 atom stereocenters. The smallest absolute Gasteiger partial charge is 0.315 e. The Labute approximate surface area is 75.7 Å². The van der Waals surface area contributed by atoms with E-state index in [2.05, 4.69) is 0 Å². The molecule has 1 aliphatic rings. The minimum atomic E-state index is -2.91. The monoisotopic (exact) mass is 193 g/mol. The first-order valence-corrected chi connectivity index (χ1v) is 4.13. The number of ether oxygens (including phenoxy) is 1. The van der Waals surface area contributed by atoms with Gasteiger partial charge in [0.25, 0.3) is 5.91 Å². The van der Waals surface area contributed by atoms with E-state index in [0.29, 0.717) is 6.61 Å². The Hall–Kier alpha value is -0.710. The van der Waals surface area contributed by atoms with Gasteiger partial charge in [0.2, 0.25) is 0 Å². The fraction of sp³-hybridized carbons (Fsp3) is 0.875. The Balaban J connectivity index is 2.57. The number of rotatable bonds is 1. The number of hydrogen-bond donors (Lipinski definition) is 0. The molecule has 5 heteroatoms. The van der Waals surface area contributed by atoms with Crippen molar-refractivity contribution in [1.29, 1.82) is 0 Å². The third kappa shape index (κ3) is 2.62. The summed E-state index contributed by atoms with van der Waals surface area (Å²) in [6.07, 6.45) is -2.91. The van der Waals surface area contributed by atoms with E-state index in [9.17, 15) is 13.6 Å². The molecule has 1 amide bonds. The molecule has 0 spiro atoms. The van der Waals surface area contributed by atoms with Gasteiger partial charge in [0.05, 0.1) is 12.2 Å². The Bertz CT molecular complexity index is 206. The molecule has 3 nitrogen and oxygen atoms in total. The fourth-order valence-corrected chi connectivity index (χ4v) is 1.34. The number of morpholine rings is 1. The molecule has 1 fully saturated rings. The lowest BCUT2D eigenvalue weighted by Crippen LogP contribution is -2.52. The Morgan fingerprint density at radius 2 is 2.15 bits per heavy atom. The highest BCUT2D eigenvalue weighted by Crippen LogP contribution is 2.17. The first kappa shape index (κ1) is 10.4. The summed E-state index contributed by atoms with van der Waals surface area (Å²) in [7, 11) is 0. The van der Waals surface area contributed by atoms with Crippen LogP contribution in [0.4, 0.5) is 8.78 Å². The van der Waals surface area contributed by atoms with E-state index in [4.69, 9.17) is 4.74 Å². The van der Waals surface area contributed by atoms with E-state index >= 15 is 0 Å². The van der Waals surface area contributed by atoms with Gasteiger partial charge in [-0.05, 0) is 13.8 Å². The second-order valence-corrected chi connectivity index (χ2v) is 3.67. The van der Waals surface area contributed by atoms with Gasteiger partial charge in [-0.3, -0.25) is 4.79 Å². The molecular formula is C8H13F2NO2. The van der Waals surface area contributed by atoms with Gasteiger partial charge in [0.1, 0.15) is 0 Å². The second-order valence-electron chi connectivity index (χ2n) is 3.67. The number of carbonyl (C=O) groups is 1. The standard InChI is InChI=1S/C8H13F2NO2/c1-8(2)5-11(3-4-13-8)7(12)6(9)10/h6H,3-5H2,1-2H3. The summed E-state index contributed by atoms with van der Waals surface area (Å²) < 4.78 is 29.4. The maximum absolute atomic E-state index is 12.0. The summed E-state index contributed by atoms with van der Waals surface area (Å²) in [6.45, 7) is 4.37. The van der Waals surface area contributed by atoms with Crippen molar-refractivity contribution in [3.63, 3.8) is 0 Å². The molecule has 0 unspecified atom stereocenters. The van der Waals surface area contributed by atoms with Crippen molar-refractivity contribution in [3.05, 3.63) is 0 Å². The van der Waals surface area contributed by atoms with Crippen LogP contribution in [-0.2, 0) is 9.53 Å². The zero-order valence-electron chi connectivity index (χ0n) is 7.72. The van der Waals surface area contributed by atoms with Crippen LogP contribution in [-0.4, -0.2) is 42.5 Å². The Morgan fingerprint density at radius 1 is 1.54 bits per heavy atom. The van der Waals surface area contributed by atoms with Crippen LogP contribution in [0.3, 0.4) is 0 Å². The minimum absolute atomic E-state index is 0.232. The van der Waals surface area contributed by atoms with Crippen molar-refractivity contribution in [1.82, 2.24) is 4.90 Å². The first-order chi connectivity index (χ1) is 5.92. The lowest BCUT2D eigenvalue weighted by Gasteiger charge is -2.37. The van der Waals surface area contributed by atoms with Gasteiger partial charge in [-0.2, -0.15) is 8.78 Å². The Kier molecular flexibility index (Phi) is 2.85. The van der Waals surface area contributed by atoms with Gasteiger partial charge in [0, 0.05) is 13.1 Å². The van der Waals surface area contributed by atoms with Crippen LogP contribution >= 0.6 is 0 Å². The van der Waals surface area contributed by atoms with Crippen molar-refractivity contribution >= 4 is 5.91 Å². The van der Waals surface area contributed by atoms with Crippen molar-refractivity contribution in [2.45, 2.75) is 25.9 Å². The summed E-state index contributed by atoms with van der Waals surface area (Å²) in [4.78, 5) is 12.1. The third-order valence-electron chi connectivity index (χ3n) is 1.92. The molecule has 1 heterocycles. The van der Waals surface area contributed by atoms with Crippen LogP contribution in [0.15, 0.2) is 0 Å². The third-order valence-corrected chi connectivity index (χ3v) is 1.92. The molecule has 76 valence electrons. The highest BCUT2D eigenvalue weighted by atomic mass is 19.3. The molecule has 1 rings (SSSR count). The van der Waals surface area contributed by atoms with Gasteiger partial charge in [-0.25, -0.2) is 0 Å². The molecule has 0 aromatic rings. The maximum atomic E-state index is 12.0. The molecule has 0 radical (unpaired) electrons. The van der Waals surface area contributed by atoms with Crippen molar-refractivity contribution in [2.75, 3.05) is 19.7 Å². The second kappa shape index (κ2) is 3.57. The predicted octanol–water partition coefficient (Wildman–Crippen LogP) is 0.889. The summed E-state index contributed by atoms with van der Waals surface area (Å²) in [5.41, 5.74) is -0.511. The zero-order chi connectivity index (χ0) is 10.1. The average molecular weight is 193 g/mol. The summed E-state index contributed by atoms with van der Waals surface area (Å²) in [5.74, 6) is -1.10. The van der Waals surface area contributed by atoms with Gasteiger partial charge in [0.15, 0.2) is 0 Å². The first-order valence-electron chi connectivity index (χ1n) is 4.13. The molecule has 1 aliphatic heterocycles. The van der Waals surface area contributed by atoms with E-state index in [1.165, 1.54) is 0 Å². The topological polar surface area (TPSA) is 29.5 Å². The van der Waals surface area contributed by atoms with E-state index < -0.39 is 17.9 Å². The van der Waals surface area contributed by atoms with E-state index in [0.717, 1.165) is 4.90 Å². The number of halogens is 2. The molecule has 0 N–H and O–H groups in total. The summed E-state index contributed by atoms with van der Waals surface area (Å²) in [6, 6.07) is 0. The van der Waals surface area contributed by atoms with Gasteiger partial charge < -0.3 is 9.64 Å². The molecule has 0 aromatic heterocycles.